The van der Waals surface area contributed by atoms with E-state index >= 15 is 0 Å². The van der Waals surface area contributed by atoms with Gasteiger partial charge in [0.1, 0.15) is 5.75 Å². The molecule has 2 aromatic carbocycles. The predicted octanol–water partition coefficient (Wildman–Crippen LogP) is 4.37. The second-order valence-corrected chi connectivity index (χ2v) is 4.77. The predicted molar refractivity (Wildman–Crippen MR) is 80.9 cm³/mol. The lowest BCUT2D eigenvalue weighted by Gasteiger charge is -2.06. The Labute approximate surface area is 114 Å². The van der Waals surface area contributed by atoms with Gasteiger partial charge in [-0.05, 0) is 61.7 Å². The van der Waals surface area contributed by atoms with Crippen molar-refractivity contribution in [3.05, 3.63) is 58.7 Å². The zero-order valence-electron chi connectivity index (χ0n) is 11.9. The van der Waals surface area contributed by atoms with Gasteiger partial charge in [-0.25, -0.2) is 0 Å². The van der Waals surface area contributed by atoms with Crippen molar-refractivity contribution in [3.63, 3.8) is 0 Å². The van der Waals surface area contributed by atoms with Gasteiger partial charge < -0.3 is 4.74 Å². The minimum Gasteiger partial charge on any atom is -0.497 e. The van der Waals surface area contributed by atoms with Gasteiger partial charge in [0, 0.05) is 6.21 Å². The molecule has 2 rings (SSSR count). The third-order valence-electron chi connectivity index (χ3n) is 3.15. The number of hydrogen-bond donors (Lipinski definition) is 0. The molecule has 0 bridgehead atoms. The van der Waals surface area contributed by atoms with E-state index in [0.717, 1.165) is 11.4 Å². The van der Waals surface area contributed by atoms with Crippen LogP contribution in [0.15, 0.2) is 41.4 Å². The molecule has 2 nitrogen and oxygen atoms in total. The topological polar surface area (TPSA) is 21.6 Å². The molecule has 0 aliphatic rings. The van der Waals surface area contributed by atoms with E-state index in [1.54, 1.807) is 7.11 Å². The van der Waals surface area contributed by atoms with E-state index in [1.165, 1.54) is 22.3 Å². The van der Waals surface area contributed by atoms with E-state index < -0.39 is 0 Å². The lowest BCUT2D eigenvalue weighted by Crippen LogP contribution is -1.93. The summed E-state index contributed by atoms with van der Waals surface area (Å²) in [4.78, 5) is 4.52. The molecule has 0 aromatic heterocycles. The SMILES string of the molecule is COc1ccc(N=Cc2c(C)cc(C)cc2C)cc1. The molecule has 0 aliphatic carbocycles. The van der Waals surface area contributed by atoms with Crippen LogP contribution in [0.3, 0.4) is 0 Å². The number of aryl methyl sites for hydroxylation is 3. The van der Waals surface area contributed by atoms with Crippen LogP contribution >= 0.6 is 0 Å². The number of aliphatic imine (C=N–C) groups is 1. The van der Waals surface area contributed by atoms with Gasteiger partial charge >= 0.3 is 0 Å². The first kappa shape index (κ1) is 13.3. The largest absolute Gasteiger partial charge is 0.497 e. The Balaban J connectivity index is 2.27. The molecule has 0 atom stereocenters. The van der Waals surface area contributed by atoms with E-state index in [2.05, 4.69) is 37.9 Å². The quantitative estimate of drug-likeness (QED) is 0.744. The molecule has 0 spiro atoms. The molecular formula is C17H19NO. The van der Waals surface area contributed by atoms with Crippen LogP contribution in [-0.4, -0.2) is 13.3 Å². The summed E-state index contributed by atoms with van der Waals surface area (Å²) in [5.74, 6) is 0.849. The molecule has 0 saturated carbocycles. The van der Waals surface area contributed by atoms with Crippen molar-refractivity contribution in [2.45, 2.75) is 20.8 Å². The van der Waals surface area contributed by atoms with Gasteiger partial charge in [0.25, 0.3) is 0 Å². The molecule has 0 heterocycles. The van der Waals surface area contributed by atoms with E-state index in [-0.39, 0.29) is 0 Å². The van der Waals surface area contributed by atoms with Crippen molar-refractivity contribution in [2.75, 3.05) is 7.11 Å². The average Bonchev–Trinajstić information content (AvgIpc) is 2.38. The summed E-state index contributed by atoms with van der Waals surface area (Å²) in [6.07, 6.45) is 1.94. The Hall–Kier alpha value is -2.09. The molecule has 19 heavy (non-hydrogen) atoms. The van der Waals surface area contributed by atoms with E-state index in [4.69, 9.17) is 4.74 Å². The van der Waals surface area contributed by atoms with Gasteiger partial charge in [0.2, 0.25) is 0 Å². The Morgan fingerprint density at radius 3 is 2.05 bits per heavy atom. The average molecular weight is 253 g/mol. The lowest BCUT2D eigenvalue weighted by atomic mass is 10.0. The Morgan fingerprint density at radius 2 is 1.53 bits per heavy atom. The summed E-state index contributed by atoms with van der Waals surface area (Å²) in [6.45, 7) is 6.36. The first-order chi connectivity index (χ1) is 9.10. The highest BCUT2D eigenvalue weighted by Crippen LogP contribution is 2.19. The molecule has 0 unspecified atom stereocenters. The van der Waals surface area contributed by atoms with Gasteiger partial charge in [-0.2, -0.15) is 0 Å². The molecule has 0 N–H and O–H groups in total. The first-order valence-electron chi connectivity index (χ1n) is 6.36. The van der Waals surface area contributed by atoms with Gasteiger partial charge in [0.05, 0.1) is 12.8 Å². The van der Waals surface area contributed by atoms with Gasteiger partial charge in [-0.1, -0.05) is 17.7 Å². The number of ether oxygens (including phenoxy) is 1. The van der Waals surface area contributed by atoms with Crippen LogP contribution in [-0.2, 0) is 0 Å². The summed E-state index contributed by atoms with van der Waals surface area (Å²) < 4.78 is 5.13. The summed E-state index contributed by atoms with van der Waals surface area (Å²) in [5, 5.41) is 0. The fourth-order valence-electron chi connectivity index (χ4n) is 2.20. The highest BCUT2D eigenvalue weighted by molar-refractivity contribution is 5.85. The second-order valence-electron chi connectivity index (χ2n) is 4.77. The van der Waals surface area contributed by atoms with Crippen molar-refractivity contribution in [1.82, 2.24) is 0 Å². The molecule has 0 fully saturated rings. The van der Waals surface area contributed by atoms with Crippen molar-refractivity contribution >= 4 is 11.9 Å². The lowest BCUT2D eigenvalue weighted by molar-refractivity contribution is 0.415. The van der Waals surface area contributed by atoms with Crippen molar-refractivity contribution in [2.24, 2.45) is 4.99 Å². The Bertz CT molecular complexity index is 574. The molecule has 0 aliphatic heterocycles. The standard InChI is InChI=1S/C17H19NO/c1-12-9-13(2)17(14(3)10-12)11-18-15-5-7-16(19-4)8-6-15/h5-11H,1-4H3. The molecule has 0 amide bonds. The van der Waals surface area contributed by atoms with Crippen LogP contribution < -0.4 is 4.74 Å². The van der Waals surface area contributed by atoms with Crippen molar-refractivity contribution in [3.8, 4) is 5.75 Å². The van der Waals surface area contributed by atoms with E-state index in [0.29, 0.717) is 0 Å². The van der Waals surface area contributed by atoms with Crippen LogP contribution in [0.25, 0.3) is 0 Å². The Kier molecular flexibility index (Phi) is 4.00. The molecule has 0 radical (unpaired) electrons. The minimum absolute atomic E-state index is 0.849. The smallest absolute Gasteiger partial charge is 0.119 e. The van der Waals surface area contributed by atoms with Gasteiger partial charge in [0.15, 0.2) is 0 Å². The van der Waals surface area contributed by atoms with Gasteiger partial charge in [-0.15, -0.1) is 0 Å². The maximum Gasteiger partial charge on any atom is 0.119 e. The summed E-state index contributed by atoms with van der Waals surface area (Å²) >= 11 is 0. The minimum atomic E-state index is 0.849. The molecule has 2 heteroatoms. The zero-order valence-corrected chi connectivity index (χ0v) is 11.9. The van der Waals surface area contributed by atoms with Crippen molar-refractivity contribution < 1.29 is 4.74 Å². The van der Waals surface area contributed by atoms with Crippen LogP contribution in [0, 0.1) is 20.8 Å². The fourth-order valence-corrected chi connectivity index (χ4v) is 2.20. The normalized spacial score (nSPS) is 10.9. The first-order valence-corrected chi connectivity index (χ1v) is 6.36. The number of benzene rings is 2. The maximum absolute atomic E-state index is 5.13. The molecule has 98 valence electrons. The van der Waals surface area contributed by atoms with Crippen LogP contribution in [0.1, 0.15) is 22.3 Å². The van der Waals surface area contributed by atoms with Crippen LogP contribution in [0.4, 0.5) is 5.69 Å². The monoisotopic (exact) mass is 253 g/mol. The number of hydrogen-bond acceptors (Lipinski definition) is 2. The summed E-state index contributed by atoms with van der Waals surface area (Å²) in [6, 6.07) is 12.1. The van der Waals surface area contributed by atoms with E-state index in [1.807, 2.05) is 30.5 Å². The summed E-state index contributed by atoms with van der Waals surface area (Å²) in [7, 11) is 1.66. The summed E-state index contributed by atoms with van der Waals surface area (Å²) in [5.41, 5.74) is 5.93. The third-order valence-corrected chi connectivity index (χ3v) is 3.15. The van der Waals surface area contributed by atoms with E-state index in [9.17, 15) is 0 Å². The number of methoxy groups -OCH3 is 1. The third kappa shape index (κ3) is 3.22. The molecule has 0 saturated heterocycles. The van der Waals surface area contributed by atoms with Crippen LogP contribution in [0.2, 0.25) is 0 Å². The highest BCUT2D eigenvalue weighted by atomic mass is 16.5. The maximum atomic E-state index is 5.13. The molecular weight excluding hydrogens is 234 g/mol. The second kappa shape index (κ2) is 5.70. The molecule has 2 aromatic rings. The van der Waals surface area contributed by atoms with Crippen LogP contribution in [0.5, 0.6) is 5.75 Å². The zero-order chi connectivity index (χ0) is 13.8. The Morgan fingerprint density at radius 1 is 0.947 bits per heavy atom. The fraction of sp³-hybridized carbons (Fsp3) is 0.235. The number of nitrogens with zero attached hydrogens (tertiary/aromatic N) is 1. The van der Waals surface area contributed by atoms with Gasteiger partial charge in [-0.3, -0.25) is 4.99 Å². The van der Waals surface area contributed by atoms with Crippen molar-refractivity contribution in [1.29, 1.82) is 0 Å². The number of rotatable bonds is 3. The highest BCUT2D eigenvalue weighted by Gasteiger charge is 2.01.